The van der Waals surface area contributed by atoms with Gasteiger partial charge in [0.25, 0.3) is 11.5 Å². The van der Waals surface area contributed by atoms with Crippen LogP contribution in [0.15, 0.2) is 59.4 Å². The monoisotopic (exact) mass is 475 g/mol. The standard InChI is InChI=1S/C26H25N3O6/c1-15-27-19-9-7-6-8-18(19)26(31)29(15)17-10-11-20(21(14-17)32-2)28-25(30)16-12-22(33-3)24(35-5)23(13-16)34-4/h6-14H,1-5H3,(H,28,30). The maximum absolute atomic E-state index is 13.1. The Morgan fingerprint density at radius 1 is 0.857 bits per heavy atom. The van der Waals surface area contributed by atoms with Crippen LogP contribution < -0.4 is 29.8 Å². The van der Waals surface area contributed by atoms with E-state index in [0.717, 1.165) is 0 Å². The van der Waals surface area contributed by atoms with E-state index in [1.807, 2.05) is 6.07 Å². The Labute approximate surface area is 201 Å². The van der Waals surface area contributed by atoms with E-state index in [0.29, 0.717) is 56.7 Å². The Morgan fingerprint density at radius 2 is 1.51 bits per heavy atom. The van der Waals surface area contributed by atoms with Gasteiger partial charge in [-0.15, -0.1) is 0 Å². The molecule has 1 aromatic heterocycles. The highest BCUT2D eigenvalue weighted by Crippen LogP contribution is 2.38. The molecule has 35 heavy (non-hydrogen) atoms. The largest absolute Gasteiger partial charge is 0.494 e. The van der Waals surface area contributed by atoms with E-state index in [-0.39, 0.29) is 5.56 Å². The number of para-hydroxylation sites is 1. The molecular formula is C26H25N3O6. The third kappa shape index (κ3) is 4.35. The zero-order chi connectivity index (χ0) is 25.1. The van der Waals surface area contributed by atoms with E-state index in [1.54, 1.807) is 55.5 Å². The summed E-state index contributed by atoms with van der Waals surface area (Å²) in [6.07, 6.45) is 0. The van der Waals surface area contributed by atoms with Crippen molar-refractivity contribution in [3.05, 3.63) is 76.3 Å². The molecule has 0 aliphatic rings. The summed E-state index contributed by atoms with van der Waals surface area (Å²) in [5.41, 5.74) is 1.73. The number of rotatable bonds is 7. The third-order valence-electron chi connectivity index (χ3n) is 5.56. The van der Waals surface area contributed by atoms with Crippen molar-refractivity contribution in [2.45, 2.75) is 6.92 Å². The zero-order valence-corrected chi connectivity index (χ0v) is 20.0. The number of anilines is 1. The number of fused-ring (bicyclic) bond motifs is 1. The SMILES string of the molecule is COc1cc(-n2c(C)nc3ccccc3c2=O)ccc1NC(=O)c1cc(OC)c(OC)c(OC)c1. The topological polar surface area (TPSA) is 101 Å². The zero-order valence-electron chi connectivity index (χ0n) is 20.0. The van der Waals surface area contributed by atoms with Crippen LogP contribution in [-0.4, -0.2) is 43.9 Å². The molecule has 0 fully saturated rings. The number of aromatic nitrogens is 2. The number of methoxy groups -OCH3 is 4. The van der Waals surface area contributed by atoms with Crippen molar-refractivity contribution < 1.29 is 23.7 Å². The van der Waals surface area contributed by atoms with Crippen molar-refractivity contribution in [1.82, 2.24) is 9.55 Å². The molecule has 1 N–H and O–H groups in total. The van der Waals surface area contributed by atoms with Crippen LogP contribution >= 0.6 is 0 Å². The maximum atomic E-state index is 13.1. The van der Waals surface area contributed by atoms with Gasteiger partial charge in [0.05, 0.1) is 50.7 Å². The summed E-state index contributed by atoms with van der Waals surface area (Å²) < 4.78 is 23.0. The molecule has 0 saturated heterocycles. The number of amides is 1. The second kappa shape index (κ2) is 9.76. The normalized spacial score (nSPS) is 10.7. The molecular weight excluding hydrogens is 450 g/mol. The van der Waals surface area contributed by atoms with Gasteiger partial charge in [-0.25, -0.2) is 4.98 Å². The van der Waals surface area contributed by atoms with Gasteiger partial charge in [-0.1, -0.05) is 12.1 Å². The summed E-state index contributed by atoms with van der Waals surface area (Å²) >= 11 is 0. The van der Waals surface area contributed by atoms with Gasteiger partial charge in [0.2, 0.25) is 5.75 Å². The van der Waals surface area contributed by atoms with Crippen LogP contribution in [0, 0.1) is 6.92 Å². The molecule has 0 unspecified atom stereocenters. The first-order valence-corrected chi connectivity index (χ1v) is 10.7. The van der Waals surface area contributed by atoms with Crippen LogP contribution in [0.3, 0.4) is 0 Å². The number of carbonyl (C=O) groups excluding carboxylic acids is 1. The molecule has 0 radical (unpaired) electrons. The van der Waals surface area contributed by atoms with Crippen molar-refractivity contribution >= 4 is 22.5 Å². The summed E-state index contributed by atoms with van der Waals surface area (Å²) in [6.45, 7) is 1.76. The Morgan fingerprint density at radius 3 is 2.14 bits per heavy atom. The molecule has 9 nitrogen and oxygen atoms in total. The fraction of sp³-hybridized carbons (Fsp3) is 0.192. The number of ether oxygens (including phenoxy) is 4. The predicted molar refractivity (Wildman–Crippen MR) is 133 cm³/mol. The molecule has 9 heteroatoms. The number of nitrogens with zero attached hydrogens (tertiary/aromatic N) is 2. The number of nitrogens with one attached hydrogen (secondary N) is 1. The Hall–Kier alpha value is -4.53. The fourth-order valence-electron chi connectivity index (χ4n) is 3.88. The first-order valence-electron chi connectivity index (χ1n) is 10.7. The van der Waals surface area contributed by atoms with Gasteiger partial charge < -0.3 is 24.3 Å². The lowest BCUT2D eigenvalue weighted by Crippen LogP contribution is -2.22. The molecule has 0 atom stereocenters. The van der Waals surface area contributed by atoms with E-state index in [9.17, 15) is 9.59 Å². The van der Waals surface area contributed by atoms with Gasteiger partial charge in [-0.3, -0.25) is 14.2 Å². The minimum absolute atomic E-state index is 0.190. The summed E-state index contributed by atoms with van der Waals surface area (Å²) in [4.78, 5) is 30.7. The first kappa shape index (κ1) is 23.6. The molecule has 3 aromatic carbocycles. The van der Waals surface area contributed by atoms with Crippen LogP contribution in [0.1, 0.15) is 16.2 Å². The van der Waals surface area contributed by atoms with Crippen LogP contribution in [0.2, 0.25) is 0 Å². The second-order valence-corrected chi connectivity index (χ2v) is 7.57. The average molecular weight is 476 g/mol. The minimum atomic E-state index is -0.406. The summed E-state index contributed by atoms with van der Waals surface area (Å²) in [5, 5.41) is 3.35. The van der Waals surface area contributed by atoms with Crippen molar-refractivity contribution in [2.75, 3.05) is 33.8 Å². The van der Waals surface area contributed by atoms with Crippen LogP contribution in [0.5, 0.6) is 23.0 Å². The highest BCUT2D eigenvalue weighted by molar-refractivity contribution is 6.06. The number of hydrogen-bond donors (Lipinski definition) is 1. The molecule has 0 saturated carbocycles. The molecule has 4 aromatic rings. The van der Waals surface area contributed by atoms with Crippen molar-refractivity contribution in [3.63, 3.8) is 0 Å². The minimum Gasteiger partial charge on any atom is -0.494 e. The second-order valence-electron chi connectivity index (χ2n) is 7.57. The molecule has 1 heterocycles. The summed E-state index contributed by atoms with van der Waals surface area (Å²) in [7, 11) is 5.94. The van der Waals surface area contributed by atoms with Gasteiger partial charge in [-0.05, 0) is 43.3 Å². The molecule has 0 spiro atoms. The maximum Gasteiger partial charge on any atom is 0.265 e. The number of carbonyl (C=O) groups is 1. The summed E-state index contributed by atoms with van der Waals surface area (Å²) in [5.74, 6) is 1.61. The number of aryl methyl sites for hydroxylation is 1. The van der Waals surface area contributed by atoms with Crippen LogP contribution in [0.25, 0.3) is 16.6 Å². The van der Waals surface area contributed by atoms with E-state index in [4.69, 9.17) is 18.9 Å². The van der Waals surface area contributed by atoms with Crippen molar-refractivity contribution in [1.29, 1.82) is 0 Å². The Bertz CT molecular complexity index is 1450. The van der Waals surface area contributed by atoms with Gasteiger partial charge in [0.15, 0.2) is 11.5 Å². The van der Waals surface area contributed by atoms with Crippen molar-refractivity contribution in [3.8, 4) is 28.7 Å². The predicted octanol–water partition coefficient (Wildman–Crippen LogP) is 3.98. The molecule has 180 valence electrons. The third-order valence-corrected chi connectivity index (χ3v) is 5.56. The molecule has 4 rings (SSSR count). The van der Waals surface area contributed by atoms with E-state index in [2.05, 4.69) is 10.3 Å². The molecule has 1 amide bonds. The molecule has 0 aliphatic carbocycles. The van der Waals surface area contributed by atoms with E-state index >= 15 is 0 Å². The highest BCUT2D eigenvalue weighted by Gasteiger charge is 2.19. The van der Waals surface area contributed by atoms with Gasteiger partial charge in [0.1, 0.15) is 11.6 Å². The molecule has 0 bridgehead atoms. The quantitative estimate of drug-likeness (QED) is 0.431. The van der Waals surface area contributed by atoms with Gasteiger partial charge in [-0.2, -0.15) is 0 Å². The Kier molecular flexibility index (Phi) is 6.59. The molecule has 0 aliphatic heterocycles. The lowest BCUT2D eigenvalue weighted by Gasteiger charge is -2.16. The van der Waals surface area contributed by atoms with Crippen LogP contribution in [-0.2, 0) is 0 Å². The van der Waals surface area contributed by atoms with Crippen molar-refractivity contribution in [2.24, 2.45) is 0 Å². The Balaban J connectivity index is 1.71. The fourth-order valence-corrected chi connectivity index (χ4v) is 3.88. The highest BCUT2D eigenvalue weighted by atomic mass is 16.5. The van der Waals surface area contributed by atoms with E-state index < -0.39 is 5.91 Å². The number of benzene rings is 3. The van der Waals surface area contributed by atoms with E-state index in [1.165, 1.54) is 33.0 Å². The van der Waals surface area contributed by atoms with Crippen LogP contribution in [0.4, 0.5) is 5.69 Å². The summed E-state index contributed by atoms with van der Waals surface area (Å²) in [6, 6.07) is 15.4. The van der Waals surface area contributed by atoms with Gasteiger partial charge in [0, 0.05) is 11.6 Å². The average Bonchev–Trinajstić information content (AvgIpc) is 2.88. The lowest BCUT2D eigenvalue weighted by atomic mass is 10.1. The van der Waals surface area contributed by atoms with Gasteiger partial charge >= 0.3 is 0 Å². The lowest BCUT2D eigenvalue weighted by molar-refractivity contribution is 0.102. The first-order chi connectivity index (χ1) is 16.9. The smallest absolute Gasteiger partial charge is 0.265 e. The number of hydrogen-bond acceptors (Lipinski definition) is 7.